The van der Waals surface area contributed by atoms with Gasteiger partial charge in [0.1, 0.15) is 10.9 Å². The average Bonchev–Trinajstić information content (AvgIpc) is 2.83. The Balaban J connectivity index is 1.61. The molecule has 0 saturated heterocycles. The van der Waals surface area contributed by atoms with Crippen LogP contribution in [-0.2, 0) is 27.8 Å². The molecule has 33 heavy (non-hydrogen) atoms. The summed E-state index contributed by atoms with van der Waals surface area (Å²) in [5, 5.41) is 4.03. The monoisotopic (exact) mass is 479 g/mol. The van der Waals surface area contributed by atoms with Crippen molar-refractivity contribution in [3.05, 3.63) is 107 Å². The number of halogens is 1. The van der Waals surface area contributed by atoms with E-state index in [-0.39, 0.29) is 17.9 Å². The number of nitrogens with one attached hydrogen (secondary N) is 2. The summed E-state index contributed by atoms with van der Waals surface area (Å²) in [7, 11) is -4.04. The first-order chi connectivity index (χ1) is 15.9. The minimum absolute atomic E-state index is 0.0255. The highest BCUT2D eigenvalue weighted by Crippen LogP contribution is 2.21. The summed E-state index contributed by atoms with van der Waals surface area (Å²) >= 11 is 6.19. The van der Waals surface area contributed by atoms with Crippen molar-refractivity contribution in [2.24, 2.45) is 0 Å². The molecule has 4 rings (SSSR count). The lowest BCUT2D eigenvalue weighted by molar-refractivity contribution is -0.122. The van der Waals surface area contributed by atoms with Gasteiger partial charge in [0.25, 0.3) is 0 Å². The van der Waals surface area contributed by atoms with Crippen molar-refractivity contribution in [2.45, 2.75) is 23.9 Å². The van der Waals surface area contributed by atoms with Crippen molar-refractivity contribution in [2.75, 3.05) is 0 Å². The molecule has 1 aromatic heterocycles. The lowest BCUT2D eigenvalue weighted by atomic mass is 10.1. The number of sulfonamides is 1. The number of aromatic nitrogens is 1. The standard InChI is InChI=1S/C25H22ClN3O3S/c26-21-13-5-4-10-20(21)17-28-25(30)22(16-18-8-2-1-3-9-18)29-33(31,32)23-14-6-11-19-12-7-15-27-24(19)23/h1-15,22,29H,16-17H2,(H,28,30)/t22-/m0/s1. The summed E-state index contributed by atoms with van der Waals surface area (Å²) in [6, 6.07) is 23.9. The molecule has 0 spiro atoms. The Morgan fingerprint density at radius 3 is 2.42 bits per heavy atom. The second kappa shape index (κ2) is 10.1. The van der Waals surface area contributed by atoms with Gasteiger partial charge in [0.05, 0.1) is 5.52 Å². The molecule has 0 saturated carbocycles. The van der Waals surface area contributed by atoms with Crippen LogP contribution in [0.15, 0.2) is 96.0 Å². The number of rotatable bonds is 8. The summed E-state index contributed by atoms with van der Waals surface area (Å²) in [4.78, 5) is 17.4. The SMILES string of the molecule is O=C(NCc1ccccc1Cl)[C@H](Cc1ccccc1)NS(=O)(=O)c1cccc2cccnc12. The van der Waals surface area contributed by atoms with Crippen LogP contribution in [0.3, 0.4) is 0 Å². The van der Waals surface area contributed by atoms with Crippen LogP contribution in [0.1, 0.15) is 11.1 Å². The van der Waals surface area contributed by atoms with Gasteiger partial charge in [0.2, 0.25) is 15.9 Å². The number of carbonyl (C=O) groups excluding carboxylic acids is 1. The predicted octanol–water partition coefficient (Wildman–Crippen LogP) is 4.09. The molecule has 0 fully saturated rings. The van der Waals surface area contributed by atoms with Crippen LogP contribution in [0.5, 0.6) is 0 Å². The van der Waals surface area contributed by atoms with Gasteiger partial charge in [-0.3, -0.25) is 9.78 Å². The van der Waals surface area contributed by atoms with E-state index >= 15 is 0 Å². The molecule has 168 valence electrons. The summed E-state index contributed by atoms with van der Waals surface area (Å²) < 4.78 is 29.2. The number of pyridine rings is 1. The first-order valence-electron chi connectivity index (χ1n) is 10.4. The Hall–Kier alpha value is -3.26. The van der Waals surface area contributed by atoms with Gasteiger partial charge < -0.3 is 5.32 Å². The number of carbonyl (C=O) groups is 1. The van der Waals surface area contributed by atoms with E-state index < -0.39 is 22.0 Å². The highest BCUT2D eigenvalue weighted by Gasteiger charge is 2.27. The zero-order chi connectivity index (χ0) is 23.3. The van der Waals surface area contributed by atoms with Crippen molar-refractivity contribution in [3.63, 3.8) is 0 Å². The zero-order valence-electron chi connectivity index (χ0n) is 17.6. The lowest BCUT2D eigenvalue weighted by Gasteiger charge is -2.19. The van der Waals surface area contributed by atoms with Gasteiger partial charge in [-0.05, 0) is 35.7 Å². The number of hydrogen-bond acceptors (Lipinski definition) is 4. The fraction of sp³-hybridized carbons (Fsp3) is 0.120. The molecule has 1 heterocycles. The smallest absolute Gasteiger partial charge is 0.243 e. The molecular formula is C25H22ClN3O3S. The van der Waals surface area contributed by atoms with E-state index in [0.717, 1.165) is 11.1 Å². The molecule has 0 aliphatic rings. The van der Waals surface area contributed by atoms with Crippen LogP contribution in [0, 0.1) is 0 Å². The predicted molar refractivity (Wildman–Crippen MR) is 129 cm³/mol. The van der Waals surface area contributed by atoms with E-state index in [1.54, 1.807) is 48.7 Å². The third kappa shape index (κ3) is 5.57. The summed E-state index contributed by atoms with van der Waals surface area (Å²) in [5.74, 6) is -0.449. The summed E-state index contributed by atoms with van der Waals surface area (Å²) in [5.41, 5.74) is 1.92. The maximum atomic E-state index is 13.3. The van der Waals surface area contributed by atoms with Gasteiger partial charge in [-0.1, -0.05) is 78.3 Å². The van der Waals surface area contributed by atoms with Crippen molar-refractivity contribution in [1.82, 2.24) is 15.0 Å². The maximum Gasteiger partial charge on any atom is 0.243 e. The van der Waals surface area contributed by atoms with Gasteiger partial charge in [-0.25, -0.2) is 8.42 Å². The maximum absolute atomic E-state index is 13.3. The van der Waals surface area contributed by atoms with Gasteiger partial charge in [0.15, 0.2) is 0 Å². The Morgan fingerprint density at radius 2 is 1.64 bits per heavy atom. The minimum Gasteiger partial charge on any atom is -0.351 e. The second-order valence-electron chi connectivity index (χ2n) is 7.50. The molecule has 6 nitrogen and oxygen atoms in total. The van der Waals surface area contributed by atoms with Crippen molar-refractivity contribution in [1.29, 1.82) is 0 Å². The summed E-state index contributed by atoms with van der Waals surface area (Å²) in [6.07, 6.45) is 1.73. The second-order valence-corrected chi connectivity index (χ2v) is 9.59. The molecule has 1 amide bonds. The average molecular weight is 480 g/mol. The molecule has 1 atom stereocenters. The van der Waals surface area contributed by atoms with E-state index in [2.05, 4.69) is 15.0 Å². The third-order valence-electron chi connectivity index (χ3n) is 5.19. The molecule has 0 bridgehead atoms. The molecule has 0 radical (unpaired) electrons. The quantitative estimate of drug-likeness (QED) is 0.398. The van der Waals surface area contributed by atoms with Crippen molar-refractivity contribution in [3.8, 4) is 0 Å². The topological polar surface area (TPSA) is 88.2 Å². The fourth-order valence-electron chi connectivity index (χ4n) is 3.53. The summed E-state index contributed by atoms with van der Waals surface area (Å²) in [6.45, 7) is 0.182. The molecule has 0 aliphatic heterocycles. The van der Waals surface area contributed by atoms with E-state index in [1.165, 1.54) is 6.07 Å². The minimum atomic E-state index is -4.04. The molecule has 8 heteroatoms. The Labute approximate surface area is 197 Å². The van der Waals surface area contributed by atoms with E-state index in [1.807, 2.05) is 36.4 Å². The number of fused-ring (bicyclic) bond motifs is 1. The first-order valence-corrected chi connectivity index (χ1v) is 12.2. The van der Waals surface area contributed by atoms with Gasteiger partial charge in [-0.2, -0.15) is 4.72 Å². The highest BCUT2D eigenvalue weighted by atomic mass is 35.5. The van der Waals surface area contributed by atoms with Gasteiger partial charge >= 0.3 is 0 Å². The number of nitrogens with zero attached hydrogens (tertiary/aromatic N) is 1. The number of hydrogen-bond donors (Lipinski definition) is 2. The molecule has 0 aliphatic carbocycles. The van der Waals surface area contributed by atoms with E-state index in [9.17, 15) is 13.2 Å². The van der Waals surface area contributed by atoms with E-state index in [4.69, 9.17) is 11.6 Å². The third-order valence-corrected chi connectivity index (χ3v) is 7.06. The van der Waals surface area contributed by atoms with Crippen LogP contribution in [0.4, 0.5) is 0 Å². The highest BCUT2D eigenvalue weighted by molar-refractivity contribution is 7.89. The number of amides is 1. The lowest BCUT2D eigenvalue weighted by Crippen LogP contribution is -2.47. The fourth-order valence-corrected chi connectivity index (χ4v) is 5.11. The van der Waals surface area contributed by atoms with Crippen LogP contribution < -0.4 is 10.0 Å². The van der Waals surface area contributed by atoms with Crippen molar-refractivity contribution < 1.29 is 13.2 Å². The zero-order valence-corrected chi connectivity index (χ0v) is 19.2. The van der Waals surface area contributed by atoms with Gasteiger partial charge in [-0.15, -0.1) is 0 Å². The van der Waals surface area contributed by atoms with Gasteiger partial charge in [0, 0.05) is 23.2 Å². The normalized spacial score (nSPS) is 12.4. The van der Waals surface area contributed by atoms with Crippen molar-refractivity contribution >= 4 is 38.4 Å². The molecule has 2 N–H and O–H groups in total. The Kier molecular flexibility index (Phi) is 7.03. The van der Waals surface area contributed by atoms with Crippen LogP contribution >= 0.6 is 11.6 Å². The van der Waals surface area contributed by atoms with E-state index in [0.29, 0.717) is 15.9 Å². The Bertz CT molecular complexity index is 1370. The molecule has 0 unspecified atom stereocenters. The largest absolute Gasteiger partial charge is 0.351 e. The molecular weight excluding hydrogens is 458 g/mol. The first kappa shape index (κ1) is 22.9. The van der Waals surface area contributed by atoms with Crippen LogP contribution in [0.2, 0.25) is 5.02 Å². The van der Waals surface area contributed by atoms with Crippen LogP contribution in [-0.4, -0.2) is 25.4 Å². The number of para-hydroxylation sites is 1. The molecule has 3 aromatic carbocycles. The Morgan fingerprint density at radius 1 is 0.909 bits per heavy atom. The number of benzene rings is 3. The molecule has 4 aromatic rings. The van der Waals surface area contributed by atoms with Crippen LogP contribution in [0.25, 0.3) is 10.9 Å².